The maximum Gasteiger partial charge on any atom is 0.154 e. The van der Waals surface area contributed by atoms with E-state index in [1.165, 1.54) is 5.56 Å². The predicted molar refractivity (Wildman–Crippen MR) is 83.6 cm³/mol. The summed E-state index contributed by atoms with van der Waals surface area (Å²) in [6, 6.07) is 8.32. The Morgan fingerprint density at radius 3 is 2.50 bits per heavy atom. The first-order valence-electron chi connectivity index (χ1n) is 7.42. The molecule has 1 N–H and O–H groups in total. The largest absolute Gasteiger partial charge is 0.309 e. The molecule has 0 aromatic heterocycles. The zero-order valence-electron chi connectivity index (χ0n) is 12.6. The molecule has 0 aliphatic carbocycles. The molecule has 0 amide bonds. The smallest absolute Gasteiger partial charge is 0.154 e. The lowest BCUT2D eigenvalue weighted by atomic mass is 10.00. The molecule has 112 valence electrons. The maximum atomic E-state index is 12.2. The molecular formula is C16H25NO2S. The van der Waals surface area contributed by atoms with Gasteiger partial charge >= 0.3 is 0 Å². The Morgan fingerprint density at radius 2 is 1.90 bits per heavy atom. The van der Waals surface area contributed by atoms with E-state index in [0.717, 1.165) is 18.5 Å². The second-order valence-corrected chi connectivity index (χ2v) is 8.74. The van der Waals surface area contributed by atoms with E-state index in [9.17, 15) is 8.42 Å². The second-order valence-electron chi connectivity index (χ2n) is 6.28. The Hall–Kier alpha value is -0.870. The molecule has 2 unspecified atom stereocenters. The fraction of sp³-hybridized carbons (Fsp3) is 0.625. The van der Waals surface area contributed by atoms with Crippen molar-refractivity contribution in [1.29, 1.82) is 0 Å². The van der Waals surface area contributed by atoms with E-state index in [1.807, 2.05) is 6.92 Å². The third-order valence-electron chi connectivity index (χ3n) is 3.98. The molecule has 1 aromatic rings. The van der Waals surface area contributed by atoms with Crippen molar-refractivity contribution in [2.24, 2.45) is 5.92 Å². The van der Waals surface area contributed by atoms with E-state index in [2.05, 4.69) is 43.4 Å². The first kappa shape index (κ1) is 15.5. The molecule has 0 saturated carbocycles. The minimum Gasteiger partial charge on any atom is -0.309 e. The molecule has 1 saturated heterocycles. The Morgan fingerprint density at radius 1 is 1.25 bits per heavy atom. The predicted octanol–water partition coefficient (Wildman–Crippen LogP) is 2.72. The lowest BCUT2D eigenvalue weighted by Crippen LogP contribution is -2.26. The molecule has 0 radical (unpaired) electrons. The van der Waals surface area contributed by atoms with Crippen molar-refractivity contribution in [2.75, 3.05) is 12.3 Å². The van der Waals surface area contributed by atoms with Crippen LogP contribution in [-0.4, -0.2) is 26.0 Å². The van der Waals surface area contributed by atoms with Crippen molar-refractivity contribution < 1.29 is 8.42 Å². The van der Waals surface area contributed by atoms with Gasteiger partial charge in [0.25, 0.3) is 0 Å². The number of nitrogens with one attached hydrogen (secondary N) is 1. The molecule has 2 rings (SSSR count). The first-order valence-corrected chi connectivity index (χ1v) is 9.14. The van der Waals surface area contributed by atoms with Crippen LogP contribution in [0.2, 0.25) is 0 Å². The van der Waals surface area contributed by atoms with Gasteiger partial charge in [0.2, 0.25) is 0 Å². The molecule has 0 spiro atoms. The van der Waals surface area contributed by atoms with Gasteiger partial charge in [0.05, 0.1) is 11.0 Å². The summed E-state index contributed by atoms with van der Waals surface area (Å²) in [7, 11) is -2.99. The van der Waals surface area contributed by atoms with Crippen LogP contribution in [0.1, 0.15) is 44.4 Å². The molecule has 20 heavy (non-hydrogen) atoms. The van der Waals surface area contributed by atoms with Crippen LogP contribution in [0.25, 0.3) is 0 Å². The van der Waals surface area contributed by atoms with Crippen LogP contribution in [0.3, 0.4) is 0 Å². The highest BCUT2D eigenvalue weighted by Gasteiger charge is 2.29. The van der Waals surface area contributed by atoms with Crippen molar-refractivity contribution in [3.05, 3.63) is 35.4 Å². The molecular weight excluding hydrogens is 270 g/mol. The number of rotatable bonds is 3. The minimum atomic E-state index is -2.99. The third kappa shape index (κ3) is 3.83. The first-order chi connectivity index (χ1) is 9.38. The average molecular weight is 295 g/mol. The summed E-state index contributed by atoms with van der Waals surface area (Å²) in [5, 5.41) is 3.13. The van der Waals surface area contributed by atoms with Crippen molar-refractivity contribution in [3.8, 4) is 0 Å². The lowest BCUT2D eigenvalue weighted by molar-refractivity contribution is 0.571. The number of hydrogen-bond acceptors (Lipinski definition) is 3. The highest BCUT2D eigenvalue weighted by Crippen LogP contribution is 2.22. The van der Waals surface area contributed by atoms with Gasteiger partial charge in [-0.25, -0.2) is 8.42 Å². The SMILES string of the molecule is CC(C)Cc1ccc(C2CS(=O)(=O)C(C)CCN2)cc1. The van der Waals surface area contributed by atoms with Gasteiger partial charge in [-0.3, -0.25) is 0 Å². The van der Waals surface area contributed by atoms with Crippen LogP contribution < -0.4 is 5.32 Å². The summed E-state index contributed by atoms with van der Waals surface area (Å²) in [5.74, 6) is 0.843. The van der Waals surface area contributed by atoms with Gasteiger partial charge in [-0.2, -0.15) is 0 Å². The molecule has 1 heterocycles. The van der Waals surface area contributed by atoms with Gasteiger partial charge in [-0.15, -0.1) is 0 Å². The topological polar surface area (TPSA) is 46.2 Å². The van der Waals surface area contributed by atoms with E-state index in [-0.39, 0.29) is 17.0 Å². The van der Waals surface area contributed by atoms with Crippen molar-refractivity contribution in [1.82, 2.24) is 5.32 Å². The van der Waals surface area contributed by atoms with E-state index >= 15 is 0 Å². The minimum absolute atomic E-state index is 0.0713. The number of hydrogen-bond donors (Lipinski definition) is 1. The maximum absolute atomic E-state index is 12.2. The normalized spacial score (nSPS) is 26.4. The Bertz CT molecular complexity index is 534. The quantitative estimate of drug-likeness (QED) is 0.932. The van der Waals surface area contributed by atoms with Crippen molar-refractivity contribution in [2.45, 2.75) is 44.9 Å². The monoisotopic (exact) mass is 295 g/mol. The lowest BCUT2D eigenvalue weighted by Gasteiger charge is -2.17. The zero-order valence-corrected chi connectivity index (χ0v) is 13.4. The van der Waals surface area contributed by atoms with Crippen LogP contribution in [0.15, 0.2) is 24.3 Å². The van der Waals surface area contributed by atoms with E-state index in [4.69, 9.17) is 0 Å². The van der Waals surface area contributed by atoms with Gasteiger partial charge in [0.15, 0.2) is 9.84 Å². The van der Waals surface area contributed by atoms with Gasteiger partial charge in [0.1, 0.15) is 0 Å². The van der Waals surface area contributed by atoms with Crippen LogP contribution in [0, 0.1) is 5.92 Å². The average Bonchev–Trinajstić information content (AvgIpc) is 2.49. The van der Waals surface area contributed by atoms with Crippen molar-refractivity contribution >= 4 is 9.84 Å². The molecule has 0 bridgehead atoms. The third-order valence-corrected chi connectivity index (χ3v) is 6.24. The summed E-state index contributed by atoms with van der Waals surface area (Å²) >= 11 is 0. The summed E-state index contributed by atoms with van der Waals surface area (Å²) < 4.78 is 24.3. The highest BCUT2D eigenvalue weighted by molar-refractivity contribution is 7.92. The summed E-state index contributed by atoms with van der Waals surface area (Å²) in [4.78, 5) is 0. The molecule has 2 atom stereocenters. The van der Waals surface area contributed by atoms with E-state index in [0.29, 0.717) is 12.3 Å². The van der Waals surface area contributed by atoms with Crippen LogP contribution >= 0.6 is 0 Å². The summed E-state index contributed by atoms with van der Waals surface area (Å²) in [6.07, 6.45) is 1.76. The van der Waals surface area contributed by atoms with Gasteiger partial charge < -0.3 is 5.32 Å². The van der Waals surface area contributed by atoms with Gasteiger partial charge in [-0.1, -0.05) is 38.1 Å². The Labute approximate surface area is 122 Å². The van der Waals surface area contributed by atoms with Crippen LogP contribution in [0.4, 0.5) is 0 Å². The van der Waals surface area contributed by atoms with Crippen LogP contribution in [-0.2, 0) is 16.3 Å². The standard InChI is InChI=1S/C16H25NO2S/c1-12(2)10-14-4-6-15(7-5-14)16-11-20(18,19)13(3)8-9-17-16/h4-7,12-13,16-17H,8-11H2,1-3H3. The highest BCUT2D eigenvalue weighted by atomic mass is 32.2. The van der Waals surface area contributed by atoms with Crippen molar-refractivity contribution in [3.63, 3.8) is 0 Å². The molecule has 1 fully saturated rings. The van der Waals surface area contributed by atoms with Crippen LogP contribution in [0.5, 0.6) is 0 Å². The van der Waals surface area contributed by atoms with E-state index < -0.39 is 9.84 Å². The number of sulfone groups is 1. The molecule has 3 nitrogen and oxygen atoms in total. The summed E-state index contributed by atoms with van der Waals surface area (Å²) in [5.41, 5.74) is 2.39. The second kappa shape index (κ2) is 6.27. The molecule has 1 aliphatic rings. The van der Waals surface area contributed by atoms with Gasteiger partial charge in [0, 0.05) is 6.04 Å². The number of benzene rings is 1. The fourth-order valence-corrected chi connectivity index (χ4v) is 4.25. The fourth-order valence-electron chi connectivity index (χ4n) is 2.67. The molecule has 1 aromatic carbocycles. The summed E-state index contributed by atoms with van der Waals surface area (Å²) in [6.45, 7) is 6.98. The Kier molecular flexibility index (Phi) is 4.86. The Balaban J connectivity index is 2.14. The van der Waals surface area contributed by atoms with E-state index in [1.54, 1.807) is 0 Å². The molecule has 4 heteroatoms. The zero-order chi connectivity index (χ0) is 14.8. The molecule has 1 aliphatic heterocycles. The van der Waals surface area contributed by atoms with Gasteiger partial charge in [-0.05, 0) is 43.4 Å².